The molecule has 3 rings (SSSR count). The van der Waals surface area contributed by atoms with Crippen LogP contribution in [0.3, 0.4) is 0 Å². The first-order valence-electron chi connectivity index (χ1n) is 8.46. The van der Waals surface area contributed by atoms with E-state index in [2.05, 4.69) is 0 Å². The third-order valence-electron chi connectivity index (χ3n) is 4.37. The van der Waals surface area contributed by atoms with Crippen molar-refractivity contribution in [1.29, 1.82) is 5.26 Å². The number of nitrogens with zero attached hydrogens (tertiary/aromatic N) is 2. The molecule has 0 unspecified atom stereocenters. The zero-order valence-corrected chi connectivity index (χ0v) is 17.7. The summed E-state index contributed by atoms with van der Waals surface area (Å²) in [4.78, 5) is 26.1. The summed E-state index contributed by atoms with van der Waals surface area (Å²) in [5, 5.41) is 21.6. The monoisotopic (exact) mass is 434 g/mol. The fourth-order valence-electron chi connectivity index (χ4n) is 3.06. The summed E-state index contributed by atoms with van der Waals surface area (Å²) in [7, 11) is 0. The van der Waals surface area contributed by atoms with Gasteiger partial charge in [-0.3, -0.25) is 14.2 Å². The molecule has 28 heavy (non-hydrogen) atoms. The van der Waals surface area contributed by atoms with Crippen LogP contribution in [0.4, 0.5) is 0 Å². The molecule has 2 aromatic heterocycles. The number of benzene rings is 1. The van der Waals surface area contributed by atoms with Gasteiger partial charge < -0.3 is 5.11 Å². The number of aromatic nitrogens is 1. The number of fused-ring (bicyclic) bond motifs is 1. The van der Waals surface area contributed by atoms with Crippen molar-refractivity contribution in [3.8, 4) is 11.9 Å². The average molecular weight is 435 g/mol. The number of hydrogen-bond donors (Lipinski definition) is 1. The SMILES string of the molecule is Cc1c(C(=O)c2sc3cc(Cl)ccc3c2Cl)c(O)n(CC(C)C)c(=O)c1C#N. The molecule has 0 aliphatic heterocycles. The fraction of sp³-hybridized carbons (Fsp3) is 0.250. The topological polar surface area (TPSA) is 83.1 Å². The molecule has 0 fully saturated rings. The normalized spacial score (nSPS) is 11.2. The van der Waals surface area contributed by atoms with Gasteiger partial charge in [0.05, 0.1) is 15.5 Å². The number of hydrogen-bond acceptors (Lipinski definition) is 5. The molecule has 0 spiro atoms. The predicted octanol–water partition coefficient (Wildman–Crippen LogP) is 5.14. The highest BCUT2D eigenvalue weighted by atomic mass is 35.5. The Morgan fingerprint density at radius 1 is 1.36 bits per heavy atom. The molecular weight excluding hydrogens is 419 g/mol. The Balaban J connectivity index is 2.29. The number of aromatic hydroxyl groups is 1. The Morgan fingerprint density at radius 2 is 2.04 bits per heavy atom. The molecule has 5 nitrogen and oxygen atoms in total. The van der Waals surface area contributed by atoms with E-state index in [1.54, 1.807) is 18.2 Å². The van der Waals surface area contributed by atoms with Crippen molar-refractivity contribution in [3.63, 3.8) is 0 Å². The Bertz CT molecular complexity index is 1220. The Hall–Kier alpha value is -2.33. The zero-order chi connectivity index (χ0) is 20.7. The van der Waals surface area contributed by atoms with Crippen LogP contribution in [0.15, 0.2) is 23.0 Å². The molecular formula is C20H16Cl2N2O3S. The second kappa shape index (κ2) is 7.59. The quantitative estimate of drug-likeness (QED) is 0.575. The highest BCUT2D eigenvalue weighted by molar-refractivity contribution is 7.21. The molecule has 0 aliphatic carbocycles. The second-order valence-corrected chi connectivity index (χ2v) is 8.70. The van der Waals surface area contributed by atoms with E-state index >= 15 is 0 Å². The highest BCUT2D eigenvalue weighted by Crippen LogP contribution is 2.39. The van der Waals surface area contributed by atoms with Crippen molar-refractivity contribution in [2.24, 2.45) is 5.92 Å². The smallest absolute Gasteiger partial charge is 0.271 e. The second-order valence-electron chi connectivity index (χ2n) is 6.83. The van der Waals surface area contributed by atoms with Gasteiger partial charge in [-0.15, -0.1) is 11.3 Å². The van der Waals surface area contributed by atoms with E-state index in [4.69, 9.17) is 23.2 Å². The van der Waals surface area contributed by atoms with Crippen LogP contribution < -0.4 is 5.56 Å². The molecule has 8 heteroatoms. The van der Waals surface area contributed by atoms with E-state index in [0.717, 1.165) is 20.6 Å². The standard InChI is InChI=1S/C20H16Cl2N2O3S/c1-9(2)8-24-19(26)13(7-23)10(3)15(20(24)27)17(25)18-16(22)12-5-4-11(21)6-14(12)28-18/h4-6,9,27H,8H2,1-3H3. The number of carbonyl (C=O) groups is 1. The van der Waals surface area contributed by atoms with E-state index in [9.17, 15) is 20.0 Å². The molecule has 144 valence electrons. The fourth-order valence-corrected chi connectivity index (χ4v) is 4.80. The van der Waals surface area contributed by atoms with E-state index in [1.807, 2.05) is 19.9 Å². The minimum Gasteiger partial charge on any atom is -0.494 e. The first-order valence-corrected chi connectivity index (χ1v) is 10.0. The molecule has 2 heterocycles. The average Bonchev–Trinajstić information content (AvgIpc) is 2.94. The van der Waals surface area contributed by atoms with Crippen LogP contribution in [-0.4, -0.2) is 15.5 Å². The predicted molar refractivity (Wildman–Crippen MR) is 112 cm³/mol. The summed E-state index contributed by atoms with van der Waals surface area (Å²) in [5.74, 6) is -0.964. The van der Waals surface area contributed by atoms with Crippen LogP contribution in [0.2, 0.25) is 10.0 Å². The molecule has 1 N–H and O–H groups in total. The zero-order valence-electron chi connectivity index (χ0n) is 15.3. The summed E-state index contributed by atoms with van der Waals surface area (Å²) < 4.78 is 1.80. The number of thiophene rings is 1. The molecule has 0 bridgehead atoms. The molecule has 0 radical (unpaired) electrons. The Kier molecular flexibility index (Phi) is 5.53. The third-order valence-corrected chi connectivity index (χ3v) is 6.26. The summed E-state index contributed by atoms with van der Waals surface area (Å²) in [6, 6.07) is 6.96. The minimum atomic E-state index is -0.614. The van der Waals surface area contributed by atoms with Gasteiger partial charge >= 0.3 is 0 Å². The number of rotatable bonds is 4. The van der Waals surface area contributed by atoms with Crippen LogP contribution in [0, 0.1) is 24.2 Å². The Morgan fingerprint density at radius 3 is 2.64 bits per heavy atom. The number of ketones is 1. The third kappa shape index (κ3) is 3.30. The summed E-state index contributed by atoms with van der Waals surface area (Å²) in [6.07, 6.45) is 0. The maximum absolute atomic E-state index is 13.3. The van der Waals surface area contributed by atoms with Crippen molar-refractivity contribution in [1.82, 2.24) is 4.57 Å². The van der Waals surface area contributed by atoms with Crippen molar-refractivity contribution >= 4 is 50.4 Å². The molecule has 0 amide bonds. The van der Waals surface area contributed by atoms with Crippen molar-refractivity contribution in [3.05, 3.63) is 60.2 Å². The number of pyridine rings is 1. The van der Waals surface area contributed by atoms with E-state index in [-0.39, 0.29) is 39.1 Å². The maximum Gasteiger partial charge on any atom is 0.271 e. The van der Waals surface area contributed by atoms with Gasteiger partial charge in [-0.05, 0) is 30.5 Å². The summed E-state index contributed by atoms with van der Waals surface area (Å²) >= 11 is 13.6. The van der Waals surface area contributed by atoms with Crippen LogP contribution in [0.5, 0.6) is 5.88 Å². The van der Waals surface area contributed by atoms with Crippen molar-refractivity contribution < 1.29 is 9.90 Å². The lowest BCUT2D eigenvalue weighted by Gasteiger charge is -2.16. The maximum atomic E-state index is 13.3. The summed E-state index contributed by atoms with van der Waals surface area (Å²) in [6.45, 7) is 5.39. The molecule has 0 atom stereocenters. The van der Waals surface area contributed by atoms with Crippen LogP contribution >= 0.6 is 34.5 Å². The largest absolute Gasteiger partial charge is 0.494 e. The first kappa shape index (κ1) is 20.4. The lowest BCUT2D eigenvalue weighted by atomic mass is 10.00. The van der Waals surface area contributed by atoms with E-state index in [1.165, 1.54) is 6.92 Å². The van der Waals surface area contributed by atoms with Gasteiger partial charge in [-0.25, -0.2) is 0 Å². The molecule has 0 saturated heterocycles. The first-order chi connectivity index (χ1) is 13.2. The van der Waals surface area contributed by atoms with Gasteiger partial charge in [0.2, 0.25) is 11.7 Å². The van der Waals surface area contributed by atoms with Crippen LogP contribution in [0.25, 0.3) is 10.1 Å². The number of nitriles is 1. The van der Waals surface area contributed by atoms with Gasteiger partial charge in [0.25, 0.3) is 5.56 Å². The molecule has 0 saturated carbocycles. The highest BCUT2D eigenvalue weighted by Gasteiger charge is 2.28. The van der Waals surface area contributed by atoms with Gasteiger partial charge in [0.15, 0.2) is 0 Å². The molecule has 3 aromatic rings. The summed E-state index contributed by atoms with van der Waals surface area (Å²) in [5.41, 5.74) is -0.725. The number of halogens is 2. The van der Waals surface area contributed by atoms with Gasteiger partial charge in [0, 0.05) is 21.7 Å². The number of carbonyl (C=O) groups excluding carboxylic acids is 1. The van der Waals surface area contributed by atoms with Gasteiger partial charge in [-0.2, -0.15) is 5.26 Å². The lowest BCUT2D eigenvalue weighted by molar-refractivity contribution is 0.103. The minimum absolute atomic E-state index is 0.0239. The van der Waals surface area contributed by atoms with Crippen molar-refractivity contribution in [2.45, 2.75) is 27.3 Å². The van der Waals surface area contributed by atoms with Gasteiger partial charge in [-0.1, -0.05) is 43.1 Å². The Labute approximate surface area is 175 Å². The van der Waals surface area contributed by atoms with Crippen LogP contribution in [0.1, 0.15) is 40.2 Å². The lowest BCUT2D eigenvalue weighted by Crippen LogP contribution is -2.28. The van der Waals surface area contributed by atoms with Crippen molar-refractivity contribution in [2.75, 3.05) is 0 Å². The van der Waals surface area contributed by atoms with Gasteiger partial charge in [0.1, 0.15) is 11.6 Å². The molecule has 0 aliphatic rings. The van der Waals surface area contributed by atoms with E-state index < -0.39 is 17.2 Å². The van der Waals surface area contributed by atoms with Crippen LogP contribution in [-0.2, 0) is 6.54 Å². The van der Waals surface area contributed by atoms with E-state index in [0.29, 0.717) is 10.4 Å². The molecule has 1 aromatic carbocycles.